The monoisotopic (exact) mass is 597 g/mol. The number of nitrogens with zero attached hydrogens (tertiary/aromatic N) is 2. The normalized spacial score (nSPS) is 14.8. The minimum atomic E-state index is -0.275. The van der Waals surface area contributed by atoms with Crippen molar-refractivity contribution in [3.05, 3.63) is 153 Å². The van der Waals surface area contributed by atoms with Crippen LogP contribution in [0.5, 0.6) is 0 Å². The Morgan fingerprint density at radius 1 is 0.818 bits per heavy atom. The molecule has 1 aromatic heterocycles. The van der Waals surface area contributed by atoms with Gasteiger partial charge in [-0.2, -0.15) is 0 Å². The highest BCUT2D eigenvalue weighted by molar-refractivity contribution is 7.99. The van der Waals surface area contributed by atoms with E-state index in [1.165, 1.54) is 17.3 Å². The summed E-state index contributed by atoms with van der Waals surface area (Å²) in [6.45, 7) is 0.415. The van der Waals surface area contributed by atoms with E-state index < -0.39 is 0 Å². The molecule has 0 aliphatic heterocycles. The Kier molecular flexibility index (Phi) is 7.92. The third-order valence-electron chi connectivity index (χ3n) is 9.11. The minimum Gasteiger partial charge on any atom is -0.344 e. The highest BCUT2D eigenvalue weighted by atomic mass is 32.2. The summed E-state index contributed by atoms with van der Waals surface area (Å²) in [6, 6.07) is 38.2. The molecule has 5 nitrogen and oxygen atoms in total. The second kappa shape index (κ2) is 12.3. The van der Waals surface area contributed by atoms with Gasteiger partial charge in [-0.15, -0.1) is 0 Å². The SMILES string of the molecule is O=C(CSc1nc2c(c(=O)n1Cc1ccccc1)C1(CCCC1)Cc1ccccc1-2)NC(c1ccccc1)c1ccccc1. The summed E-state index contributed by atoms with van der Waals surface area (Å²) in [5, 5.41) is 3.82. The van der Waals surface area contributed by atoms with Crippen LogP contribution in [0.15, 0.2) is 125 Å². The third kappa shape index (κ3) is 5.50. The van der Waals surface area contributed by atoms with Crippen LogP contribution in [0.4, 0.5) is 0 Å². The smallest absolute Gasteiger partial charge is 0.258 e. The Bertz CT molecular complexity index is 1790. The van der Waals surface area contributed by atoms with Gasteiger partial charge in [0.15, 0.2) is 5.16 Å². The van der Waals surface area contributed by atoms with Gasteiger partial charge < -0.3 is 5.32 Å². The van der Waals surface area contributed by atoms with Gasteiger partial charge >= 0.3 is 0 Å². The molecule has 0 bridgehead atoms. The van der Waals surface area contributed by atoms with Crippen LogP contribution in [-0.2, 0) is 23.2 Å². The summed E-state index contributed by atoms with van der Waals surface area (Å²) in [4.78, 5) is 33.4. The number of aromatic nitrogens is 2. The molecule has 4 aromatic carbocycles. The summed E-state index contributed by atoms with van der Waals surface area (Å²) < 4.78 is 1.81. The molecule has 2 aliphatic rings. The third-order valence-corrected chi connectivity index (χ3v) is 10.1. The van der Waals surface area contributed by atoms with E-state index in [-0.39, 0.29) is 28.7 Å². The number of nitrogens with one attached hydrogen (secondary N) is 1. The highest BCUT2D eigenvalue weighted by Crippen LogP contribution is 2.50. The lowest BCUT2D eigenvalue weighted by Crippen LogP contribution is -2.40. The number of rotatable bonds is 8. The van der Waals surface area contributed by atoms with Gasteiger partial charge in [0.05, 0.1) is 29.6 Å². The van der Waals surface area contributed by atoms with Gasteiger partial charge in [-0.1, -0.05) is 140 Å². The number of carbonyl (C=O) groups is 1. The molecule has 2 aliphatic carbocycles. The molecule has 1 N–H and O–H groups in total. The van der Waals surface area contributed by atoms with Crippen molar-refractivity contribution in [2.24, 2.45) is 0 Å². The Morgan fingerprint density at radius 3 is 2.07 bits per heavy atom. The number of hydrogen-bond acceptors (Lipinski definition) is 4. The fourth-order valence-electron chi connectivity index (χ4n) is 7.04. The van der Waals surface area contributed by atoms with Crippen LogP contribution in [0.3, 0.4) is 0 Å². The second-order valence-electron chi connectivity index (χ2n) is 11.9. The summed E-state index contributed by atoms with van der Waals surface area (Å²) in [5.74, 6) is 0.0294. The molecule has 0 unspecified atom stereocenters. The molecular weight excluding hydrogens is 563 g/mol. The van der Waals surface area contributed by atoms with Crippen LogP contribution in [-0.4, -0.2) is 21.2 Å². The van der Waals surface area contributed by atoms with E-state index in [1.807, 2.05) is 102 Å². The van der Waals surface area contributed by atoms with Crippen molar-refractivity contribution in [1.29, 1.82) is 0 Å². The molecule has 0 saturated heterocycles. The van der Waals surface area contributed by atoms with Gasteiger partial charge in [0, 0.05) is 11.0 Å². The van der Waals surface area contributed by atoms with Crippen LogP contribution in [0.25, 0.3) is 11.3 Å². The zero-order valence-electron chi connectivity index (χ0n) is 24.6. The van der Waals surface area contributed by atoms with Gasteiger partial charge in [-0.3, -0.25) is 14.2 Å². The van der Waals surface area contributed by atoms with Crippen LogP contribution in [0, 0.1) is 0 Å². The van der Waals surface area contributed by atoms with Crippen molar-refractivity contribution >= 4 is 17.7 Å². The van der Waals surface area contributed by atoms with Gasteiger partial charge in [-0.25, -0.2) is 4.98 Å². The lowest BCUT2D eigenvalue weighted by molar-refractivity contribution is -0.119. The summed E-state index contributed by atoms with van der Waals surface area (Å²) >= 11 is 1.34. The summed E-state index contributed by atoms with van der Waals surface area (Å²) in [7, 11) is 0. The standard InChI is InChI=1S/C38H35N3O2S/c42-32(39-34(28-16-6-2-7-17-28)29-18-8-3-9-19-29)26-44-37-40-35-31-21-11-10-20-30(31)24-38(22-12-13-23-38)33(35)36(43)41(37)25-27-14-4-1-5-15-27/h1-11,14-21,34H,12-13,22-26H2,(H,39,42). The summed E-state index contributed by atoms with van der Waals surface area (Å²) in [5.41, 5.74) is 6.90. The predicted octanol–water partition coefficient (Wildman–Crippen LogP) is 7.32. The van der Waals surface area contributed by atoms with Crippen molar-refractivity contribution in [2.75, 3.05) is 5.75 Å². The van der Waals surface area contributed by atoms with Crippen molar-refractivity contribution < 1.29 is 4.79 Å². The molecule has 44 heavy (non-hydrogen) atoms. The number of thioether (sulfide) groups is 1. The van der Waals surface area contributed by atoms with Crippen LogP contribution in [0.2, 0.25) is 0 Å². The fraction of sp³-hybridized carbons (Fsp3) is 0.237. The lowest BCUT2D eigenvalue weighted by Gasteiger charge is -2.36. The first kappa shape index (κ1) is 28.4. The molecular formula is C38H35N3O2S. The van der Waals surface area contributed by atoms with Crippen molar-refractivity contribution in [3.8, 4) is 11.3 Å². The van der Waals surface area contributed by atoms with Gasteiger partial charge in [-0.05, 0) is 41.5 Å². The topological polar surface area (TPSA) is 64.0 Å². The minimum absolute atomic E-state index is 0.0320. The van der Waals surface area contributed by atoms with E-state index in [2.05, 4.69) is 23.5 Å². The van der Waals surface area contributed by atoms with E-state index in [9.17, 15) is 9.59 Å². The molecule has 1 heterocycles. The van der Waals surface area contributed by atoms with Gasteiger partial charge in [0.2, 0.25) is 5.91 Å². The van der Waals surface area contributed by atoms with Crippen molar-refractivity contribution in [2.45, 2.75) is 55.3 Å². The number of fused-ring (bicyclic) bond motifs is 4. The average molecular weight is 598 g/mol. The van der Waals surface area contributed by atoms with Crippen molar-refractivity contribution in [1.82, 2.24) is 14.9 Å². The van der Waals surface area contributed by atoms with E-state index in [0.29, 0.717) is 11.7 Å². The molecule has 0 radical (unpaired) electrons. The molecule has 1 amide bonds. The largest absolute Gasteiger partial charge is 0.344 e. The van der Waals surface area contributed by atoms with Gasteiger partial charge in [0.1, 0.15) is 0 Å². The molecule has 220 valence electrons. The number of amides is 1. The zero-order chi connectivity index (χ0) is 29.9. The molecule has 7 rings (SSSR count). The first-order valence-electron chi connectivity index (χ1n) is 15.4. The Morgan fingerprint density at radius 2 is 1.41 bits per heavy atom. The van der Waals surface area contributed by atoms with Crippen molar-refractivity contribution in [3.63, 3.8) is 0 Å². The number of benzene rings is 4. The van der Waals surface area contributed by atoms with E-state index >= 15 is 0 Å². The number of carbonyl (C=O) groups excluding carboxylic acids is 1. The summed E-state index contributed by atoms with van der Waals surface area (Å²) in [6.07, 6.45) is 5.15. The average Bonchev–Trinajstić information content (AvgIpc) is 3.53. The van der Waals surface area contributed by atoms with Crippen LogP contribution >= 0.6 is 11.8 Å². The molecule has 1 spiro atoms. The predicted molar refractivity (Wildman–Crippen MR) is 177 cm³/mol. The maximum atomic E-state index is 14.6. The maximum Gasteiger partial charge on any atom is 0.258 e. The van der Waals surface area contributed by atoms with E-state index in [4.69, 9.17) is 4.98 Å². The first-order chi connectivity index (χ1) is 21.6. The Labute approximate surface area is 262 Å². The number of hydrogen-bond donors (Lipinski definition) is 1. The second-order valence-corrected chi connectivity index (χ2v) is 12.9. The van der Waals surface area contributed by atoms with E-state index in [0.717, 1.165) is 65.6 Å². The van der Waals surface area contributed by atoms with Crippen LogP contribution in [0.1, 0.15) is 59.5 Å². The quantitative estimate of drug-likeness (QED) is 0.150. The first-order valence-corrected chi connectivity index (χ1v) is 16.4. The molecule has 1 fully saturated rings. The van der Waals surface area contributed by atoms with E-state index in [1.54, 1.807) is 0 Å². The molecule has 1 saturated carbocycles. The molecule has 0 atom stereocenters. The fourth-order valence-corrected chi connectivity index (χ4v) is 7.85. The van der Waals surface area contributed by atoms with Crippen LogP contribution < -0.4 is 10.9 Å². The Hall–Kier alpha value is -4.42. The Balaban J connectivity index is 1.26. The lowest BCUT2D eigenvalue weighted by atomic mass is 9.68. The molecule has 5 aromatic rings. The highest BCUT2D eigenvalue weighted by Gasteiger charge is 2.44. The molecule has 6 heteroatoms. The zero-order valence-corrected chi connectivity index (χ0v) is 25.4. The maximum absolute atomic E-state index is 14.6. The van der Waals surface area contributed by atoms with Gasteiger partial charge in [0.25, 0.3) is 5.56 Å².